The summed E-state index contributed by atoms with van der Waals surface area (Å²) in [5.41, 5.74) is 0. The Morgan fingerprint density at radius 3 is 0.480 bits per heavy atom. The van der Waals surface area contributed by atoms with Crippen LogP contribution >= 0.6 is 0 Å². The molecule has 0 amide bonds. The fourth-order valence-electron chi connectivity index (χ4n) is 1.46. The Balaban J connectivity index is -0.0000000445. The van der Waals surface area contributed by atoms with E-state index in [1.54, 1.807) is 68.0 Å². The SMILES string of the molecule is CC.CC.CC.CC.CC.CC.CC.CC.CC.CC.c1ccccc1.c1ccncc1.c1ccnnc1.c1cnccn1.c1cncnc1. The van der Waals surface area contributed by atoms with E-state index in [2.05, 4.69) is 35.1 Å². The van der Waals surface area contributed by atoms with E-state index in [1.165, 1.54) is 6.33 Å². The molecule has 5 rings (SSSR count). The van der Waals surface area contributed by atoms with Crippen molar-refractivity contribution in [2.45, 2.75) is 138 Å². The summed E-state index contributed by atoms with van der Waals surface area (Å²) in [5.74, 6) is 0. The minimum Gasteiger partial charge on any atom is -0.265 e. The van der Waals surface area contributed by atoms with Crippen molar-refractivity contribution in [1.82, 2.24) is 35.1 Å². The zero-order valence-corrected chi connectivity index (χ0v) is 36.4. The summed E-state index contributed by atoms with van der Waals surface area (Å²) >= 11 is 0. The zero-order chi connectivity index (χ0) is 41.2. The molecule has 0 bridgehead atoms. The summed E-state index contributed by atoms with van der Waals surface area (Å²) < 4.78 is 0. The molecule has 50 heavy (non-hydrogen) atoms. The molecule has 0 N–H and O–H groups in total. The largest absolute Gasteiger partial charge is 0.265 e. The molecule has 0 aliphatic rings. The summed E-state index contributed by atoms with van der Waals surface area (Å²) in [7, 11) is 0. The molecule has 0 fully saturated rings. The lowest BCUT2D eigenvalue weighted by molar-refractivity contribution is 1.03. The van der Waals surface area contributed by atoms with Gasteiger partial charge in [0.15, 0.2) is 0 Å². The van der Waals surface area contributed by atoms with Crippen molar-refractivity contribution >= 4 is 0 Å². The van der Waals surface area contributed by atoms with Crippen molar-refractivity contribution in [3.05, 3.63) is 141 Å². The van der Waals surface area contributed by atoms with Gasteiger partial charge in [-0.15, -0.1) is 0 Å². The van der Waals surface area contributed by atoms with Gasteiger partial charge >= 0.3 is 0 Å². The Morgan fingerprint density at radius 1 is 0.180 bits per heavy atom. The quantitative estimate of drug-likeness (QED) is 0.159. The predicted octanol–water partition coefficient (Wildman–Crippen LogP) is 14.5. The lowest BCUT2D eigenvalue weighted by Gasteiger charge is -1.70. The van der Waals surface area contributed by atoms with Crippen LogP contribution in [0, 0.1) is 0 Å². The van der Waals surface area contributed by atoms with Gasteiger partial charge in [0.05, 0.1) is 0 Å². The fraction of sp³-hybridized carbons (Fsp3) is 0.465. The second-order valence-corrected chi connectivity index (χ2v) is 4.89. The van der Waals surface area contributed by atoms with Gasteiger partial charge in [0.1, 0.15) is 6.33 Å². The molecule has 0 unspecified atom stereocenters. The van der Waals surface area contributed by atoms with Gasteiger partial charge in [-0.05, 0) is 30.3 Å². The summed E-state index contributed by atoms with van der Waals surface area (Å²) in [6.07, 6.45) is 18.2. The van der Waals surface area contributed by atoms with Crippen molar-refractivity contribution < 1.29 is 0 Å². The van der Waals surface area contributed by atoms with Gasteiger partial charge in [-0.2, -0.15) is 10.2 Å². The normalized spacial score (nSPS) is 6.00. The van der Waals surface area contributed by atoms with Gasteiger partial charge in [0.2, 0.25) is 0 Å². The van der Waals surface area contributed by atoms with E-state index < -0.39 is 0 Å². The average Bonchev–Trinajstić information content (AvgIpc) is 3.31. The van der Waals surface area contributed by atoms with E-state index >= 15 is 0 Å². The number of aromatic nitrogens is 7. The second kappa shape index (κ2) is 129. The van der Waals surface area contributed by atoms with E-state index in [9.17, 15) is 0 Å². The smallest absolute Gasteiger partial charge is 0.115 e. The molecule has 0 aliphatic carbocycles. The molecule has 0 saturated carbocycles. The number of hydrogen-bond acceptors (Lipinski definition) is 7. The Hall–Kier alpha value is -4.39. The van der Waals surface area contributed by atoms with Crippen molar-refractivity contribution in [2.75, 3.05) is 0 Å². The number of nitrogens with zero attached hydrogens (tertiary/aromatic N) is 7. The molecule has 0 spiro atoms. The van der Waals surface area contributed by atoms with E-state index in [0.717, 1.165) is 0 Å². The van der Waals surface area contributed by atoms with Gasteiger partial charge in [-0.1, -0.05) is 181 Å². The summed E-state index contributed by atoms with van der Waals surface area (Å²) in [5, 5.41) is 7.07. The predicted molar refractivity (Wildman–Crippen MR) is 230 cm³/mol. The van der Waals surface area contributed by atoms with E-state index in [0.29, 0.717) is 0 Å². The van der Waals surface area contributed by atoms with E-state index in [1.807, 2.05) is 205 Å². The highest BCUT2D eigenvalue weighted by atomic mass is 15.1. The Labute approximate surface area is 314 Å². The Kier molecular flexibility index (Phi) is 185. The zero-order valence-electron chi connectivity index (χ0n) is 36.4. The van der Waals surface area contributed by atoms with Crippen LogP contribution in [0.2, 0.25) is 0 Å². The molecule has 0 radical (unpaired) electrons. The molecule has 0 atom stereocenters. The van der Waals surface area contributed by atoms with Crippen molar-refractivity contribution in [3.63, 3.8) is 0 Å². The molecule has 0 saturated heterocycles. The van der Waals surface area contributed by atoms with Crippen LogP contribution in [0.25, 0.3) is 0 Å². The first-order valence-corrected chi connectivity index (χ1v) is 19.0. The minimum absolute atomic E-state index is 1.50. The fourth-order valence-corrected chi connectivity index (χ4v) is 1.46. The van der Waals surface area contributed by atoms with Crippen LogP contribution in [-0.4, -0.2) is 35.1 Å². The number of benzene rings is 1. The first-order valence-electron chi connectivity index (χ1n) is 19.0. The monoisotopic (exact) mass is 698 g/mol. The maximum absolute atomic E-state index is 3.78. The van der Waals surface area contributed by atoms with Crippen molar-refractivity contribution in [3.8, 4) is 0 Å². The standard InChI is InChI=1S/C6H6.C5H5N.3C4H4N2.10C2H6/c2*1-2-4-6-5-3-1;1-2-6-4-3-5-1;1-2-5-4-6-3-1;1-2-4-6-5-3-1;10*1-2/h1-6H;1-5H;3*1-4H;10*1-2H3. The molecule has 4 aromatic heterocycles. The summed E-state index contributed by atoms with van der Waals surface area (Å²) in [4.78, 5) is 18.6. The van der Waals surface area contributed by atoms with Crippen LogP contribution < -0.4 is 0 Å². The third-order valence-corrected chi connectivity index (χ3v) is 2.67. The first-order chi connectivity index (χ1) is 25.0. The third kappa shape index (κ3) is 121. The van der Waals surface area contributed by atoms with E-state index in [4.69, 9.17) is 0 Å². The van der Waals surface area contributed by atoms with Crippen LogP contribution in [-0.2, 0) is 0 Å². The maximum atomic E-state index is 3.78. The highest BCUT2D eigenvalue weighted by Gasteiger charge is 1.61. The highest BCUT2D eigenvalue weighted by Crippen LogP contribution is 1.80. The van der Waals surface area contributed by atoms with Crippen LogP contribution in [0.5, 0.6) is 0 Å². The third-order valence-electron chi connectivity index (χ3n) is 2.67. The van der Waals surface area contributed by atoms with Crippen LogP contribution in [0.1, 0.15) is 138 Å². The van der Waals surface area contributed by atoms with Gasteiger partial charge in [0, 0.05) is 62.0 Å². The van der Waals surface area contributed by atoms with Crippen LogP contribution in [0.3, 0.4) is 0 Å². The maximum Gasteiger partial charge on any atom is 0.115 e. The first kappa shape index (κ1) is 71.6. The number of pyridine rings is 1. The Bertz CT molecular complexity index is 572. The molecule has 4 heterocycles. The molecule has 290 valence electrons. The average molecular weight is 698 g/mol. The van der Waals surface area contributed by atoms with Gasteiger partial charge in [0.25, 0.3) is 0 Å². The lowest BCUT2D eigenvalue weighted by Crippen LogP contribution is -1.69. The van der Waals surface area contributed by atoms with E-state index in [-0.39, 0.29) is 0 Å². The number of rotatable bonds is 0. The second-order valence-electron chi connectivity index (χ2n) is 4.89. The molecule has 7 heteroatoms. The summed E-state index contributed by atoms with van der Waals surface area (Å²) in [6.45, 7) is 40.0. The van der Waals surface area contributed by atoms with Crippen molar-refractivity contribution in [1.29, 1.82) is 0 Å². The molecular weight excluding hydrogens is 615 g/mol. The van der Waals surface area contributed by atoms with Crippen LogP contribution in [0.15, 0.2) is 141 Å². The molecule has 7 nitrogen and oxygen atoms in total. The number of hydrogen-bond donors (Lipinski definition) is 0. The molecule has 1 aromatic carbocycles. The summed E-state index contributed by atoms with van der Waals surface area (Å²) in [6, 6.07) is 23.1. The molecule has 5 aromatic rings. The molecule has 0 aliphatic heterocycles. The minimum atomic E-state index is 1.50. The topological polar surface area (TPSA) is 90.2 Å². The van der Waals surface area contributed by atoms with Crippen LogP contribution in [0.4, 0.5) is 0 Å². The highest BCUT2D eigenvalue weighted by molar-refractivity contribution is 4.99. The Morgan fingerprint density at radius 2 is 0.380 bits per heavy atom. The van der Waals surface area contributed by atoms with Gasteiger partial charge in [-0.25, -0.2) is 9.97 Å². The van der Waals surface area contributed by atoms with Gasteiger partial charge in [-0.3, -0.25) is 15.0 Å². The molecular formula is C43H83N7. The lowest BCUT2D eigenvalue weighted by atomic mass is 10.4. The van der Waals surface area contributed by atoms with Gasteiger partial charge < -0.3 is 0 Å². The van der Waals surface area contributed by atoms with Crippen molar-refractivity contribution in [2.24, 2.45) is 0 Å².